The average molecular weight is 347 g/mol. The third kappa shape index (κ3) is 3.90. The number of carbonyl (C=O) groups excluding carboxylic acids is 1. The largest absolute Gasteiger partial charge is 0.493 e. The molecule has 0 radical (unpaired) electrons. The van der Waals surface area contributed by atoms with Crippen LogP contribution in [-0.4, -0.2) is 31.6 Å². The Hall–Kier alpha value is -2.01. The van der Waals surface area contributed by atoms with Crippen molar-refractivity contribution >= 4 is 17.2 Å². The highest BCUT2D eigenvalue weighted by molar-refractivity contribution is 7.14. The molecule has 2 rings (SSSR count). The SMILES string of the molecule is CCc1sc(C(=O)N(CC)Cc2ccc(OC)c(OC)c2)cc1C. The van der Waals surface area contributed by atoms with Crippen LogP contribution in [0.3, 0.4) is 0 Å². The number of rotatable bonds is 7. The Bertz CT molecular complexity index is 709. The molecular weight excluding hydrogens is 322 g/mol. The zero-order chi connectivity index (χ0) is 17.7. The standard InChI is InChI=1S/C19H25NO3S/c1-6-17-13(3)10-18(24-17)19(21)20(7-2)12-14-8-9-15(22-4)16(11-14)23-5/h8-11H,6-7,12H2,1-5H3. The number of ether oxygens (including phenoxy) is 2. The first-order valence-corrected chi connectivity index (χ1v) is 8.95. The summed E-state index contributed by atoms with van der Waals surface area (Å²) in [6, 6.07) is 7.76. The van der Waals surface area contributed by atoms with Crippen LogP contribution in [0.5, 0.6) is 11.5 Å². The normalized spacial score (nSPS) is 10.5. The smallest absolute Gasteiger partial charge is 0.264 e. The van der Waals surface area contributed by atoms with Crippen LogP contribution in [0.4, 0.5) is 0 Å². The molecule has 0 spiro atoms. The van der Waals surface area contributed by atoms with E-state index in [0.29, 0.717) is 24.6 Å². The fourth-order valence-corrected chi connectivity index (χ4v) is 3.74. The van der Waals surface area contributed by atoms with Gasteiger partial charge in [0.05, 0.1) is 19.1 Å². The first kappa shape index (κ1) is 18.3. The molecule has 0 saturated carbocycles. The van der Waals surface area contributed by atoms with Gasteiger partial charge in [-0.05, 0) is 49.6 Å². The minimum Gasteiger partial charge on any atom is -0.493 e. The van der Waals surface area contributed by atoms with Gasteiger partial charge in [-0.2, -0.15) is 0 Å². The second-order valence-corrected chi connectivity index (χ2v) is 6.72. The summed E-state index contributed by atoms with van der Waals surface area (Å²) in [5.74, 6) is 1.45. The summed E-state index contributed by atoms with van der Waals surface area (Å²) in [6.07, 6.45) is 0.964. The number of thiophene rings is 1. The van der Waals surface area contributed by atoms with E-state index in [2.05, 4.69) is 13.8 Å². The second kappa shape index (κ2) is 8.20. The lowest BCUT2D eigenvalue weighted by Gasteiger charge is -2.21. The van der Waals surface area contributed by atoms with Crippen LogP contribution in [0.2, 0.25) is 0 Å². The third-order valence-corrected chi connectivity index (χ3v) is 5.41. The van der Waals surface area contributed by atoms with Gasteiger partial charge >= 0.3 is 0 Å². The summed E-state index contributed by atoms with van der Waals surface area (Å²) in [6.45, 7) is 7.39. The monoisotopic (exact) mass is 347 g/mol. The molecule has 4 nitrogen and oxygen atoms in total. The van der Waals surface area contributed by atoms with Crippen LogP contribution in [0.15, 0.2) is 24.3 Å². The molecule has 0 saturated heterocycles. The Labute approximate surface area is 148 Å². The van der Waals surface area contributed by atoms with E-state index in [1.807, 2.05) is 36.1 Å². The van der Waals surface area contributed by atoms with Crippen LogP contribution in [-0.2, 0) is 13.0 Å². The van der Waals surface area contributed by atoms with Crippen LogP contribution in [0, 0.1) is 6.92 Å². The lowest BCUT2D eigenvalue weighted by Crippen LogP contribution is -2.29. The van der Waals surface area contributed by atoms with Gasteiger partial charge in [0.15, 0.2) is 11.5 Å². The fraction of sp³-hybridized carbons (Fsp3) is 0.421. The van der Waals surface area contributed by atoms with E-state index < -0.39 is 0 Å². The predicted octanol–water partition coefficient (Wildman–Crippen LogP) is 4.30. The van der Waals surface area contributed by atoms with E-state index >= 15 is 0 Å². The molecule has 0 bridgehead atoms. The molecule has 0 aliphatic heterocycles. The van der Waals surface area contributed by atoms with E-state index in [4.69, 9.17) is 9.47 Å². The fourth-order valence-electron chi connectivity index (χ4n) is 2.66. The third-order valence-electron chi connectivity index (χ3n) is 4.04. The molecule has 1 aromatic carbocycles. The molecule has 5 heteroatoms. The molecule has 2 aromatic rings. The summed E-state index contributed by atoms with van der Waals surface area (Å²) in [5.41, 5.74) is 2.22. The van der Waals surface area contributed by atoms with Gasteiger partial charge in [0.25, 0.3) is 5.91 Å². The molecule has 130 valence electrons. The first-order chi connectivity index (χ1) is 11.5. The highest BCUT2D eigenvalue weighted by Crippen LogP contribution is 2.29. The molecule has 1 heterocycles. The van der Waals surface area contributed by atoms with Gasteiger partial charge in [-0.3, -0.25) is 4.79 Å². The number of amides is 1. The van der Waals surface area contributed by atoms with Crippen molar-refractivity contribution in [3.8, 4) is 11.5 Å². The topological polar surface area (TPSA) is 38.8 Å². The summed E-state index contributed by atoms with van der Waals surface area (Å²) in [4.78, 5) is 16.8. The van der Waals surface area contributed by atoms with Gasteiger partial charge in [-0.25, -0.2) is 0 Å². The van der Waals surface area contributed by atoms with Crippen LogP contribution in [0.1, 0.15) is 39.5 Å². The first-order valence-electron chi connectivity index (χ1n) is 8.13. The summed E-state index contributed by atoms with van der Waals surface area (Å²) < 4.78 is 10.6. The Morgan fingerprint density at radius 3 is 2.38 bits per heavy atom. The predicted molar refractivity (Wildman–Crippen MR) is 98.4 cm³/mol. The van der Waals surface area contributed by atoms with Crippen molar-refractivity contribution in [3.63, 3.8) is 0 Å². The molecule has 0 aliphatic rings. The minimum absolute atomic E-state index is 0.0834. The molecule has 0 N–H and O–H groups in total. The molecule has 1 aromatic heterocycles. The quantitative estimate of drug-likeness (QED) is 0.749. The number of hydrogen-bond donors (Lipinski definition) is 0. The van der Waals surface area contributed by atoms with Crippen molar-refractivity contribution in [1.29, 1.82) is 0 Å². The molecule has 0 fully saturated rings. The number of nitrogens with zero attached hydrogens (tertiary/aromatic N) is 1. The summed E-state index contributed by atoms with van der Waals surface area (Å²) >= 11 is 1.60. The van der Waals surface area contributed by atoms with E-state index in [1.54, 1.807) is 25.6 Å². The molecule has 0 aliphatic carbocycles. The highest BCUT2D eigenvalue weighted by atomic mass is 32.1. The summed E-state index contributed by atoms with van der Waals surface area (Å²) in [5, 5.41) is 0. The van der Waals surface area contributed by atoms with Gasteiger partial charge in [0.1, 0.15) is 0 Å². The van der Waals surface area contributed by atoms with Crippen LogP contribution in [0.25, 0.3) is 0 Å². The lowest BCUT2D eigenvalue weighted by molar-refractivity contribution is 0.0757. The average Bonchev–Trinajstić information content (AvgIpc) is 2.99. The van der Waals surface area contributed by atoms with Crippen molar-refractivity contribution in [2.75, 3.05) is 20.8 Å². The number of methoxy groups -OCH3 is 2. The number of carbonyl (C=O) groups is 1. The Morgan fingerprint density at radius 2 is 1.83 bits per heavy atom. The van der Waals surface area contributed by atoms with Gasteiger partial charge in [0, 0.05) is 18.0 Å². The van der Waals surface area contributed by atoms with Gasteiger partial charge in [-0.15, -0.1) is 11.3 Å². The Morgan fingerprint density at radius 1 is 1.12 bits per heavy atom. The van der Waals surface area contributed by atoms with Gasteiger partial charge < -0.3 is 14.4 Å². The molecule has 24 heavy (non-hydrogen) atoms. The second-order valence-electron chi connectivity index (χ2n) is 5.58. The number of benzene rings is 1. The summed E-state index contributed by atoms with van der Waals surface area (Å²) in [7, 11) is 3.23. The van der Waals surface area contributed by atoms with Gasteiger partial charge in [-0.1, -0.05) is 13.0 Å². The van der Waals surface area contributed by atoms with Crippen molar-refractivity contribution in [3.05, 3.63) is 45.1 Å². The van der Waals surface area contributed by atoms with E-state index in [9.17, 15) is 4.79 Å². The molecule has 1 amide bonds. The van der Waals surface area contributed by atoms with E-state index in [0.717, 1.165) is 16.9 Å². The molecular formula is C19H25NO3S. The van der Waals surface area contributed by atoms with Crippen LogP contribution < -0.4 is 9.47 Å². The molecule has 0 unspecified atom stereocenters. The zero-order valence-electron chi connectivity index (χ0n) is 15.0. The van der Waals surface area contributed by atoms with E-state index in [1.165, 1.54) is 10.4 Å². The Kier molecular flexibility index (Phi) is 6.26. The van der Waals surface area contributed by atoms with Gasteiger partial charge in [0.2, 0.25) is 0 Å². The Balaban J connectivity index is 2.20. The van der Waals surface area contributed by atoms with Crippen LogP contribution >= 0.6 is 11.3 Å². The maximum Gasteiger partial charge on any atom is 0.264 e. The molecule has 0 atom stereocenters. The highest BCUT2D eigenvalue weighted by Gasteiger charge is 2.18. The maximum atomic E-state index is 12.8. The number of hydrogen-bond acceptors (Lipinski definition) is 4. The lowest BCUT2D eigenvalue weighted by atomic mass is 10.1. The van der Waals surface area contributed by atoms with Crippen molar-refractivity contribution < 1.29 is 14.3 Å². The van der Waals surface area contributed by atoms with Crippen molar-refractivity contribution in [2.24, 2.45) is 0 Å². The minimum atomic E-state index is 0.0834. The van der Waals surface area contributed by atoms with Crippen molar-refractivity contribution in [2.45, 2.75) is 33.7 Å². The maximum absolute atomic E-state index is 12.8. The number of aryl methyl sites for hydroxylation is 2. The zero-order valence-corrected chi connectivity index (χ0v) is 15.8. The van der Waals surface area contributed by atoms with E-state index in [-0.39, 0.29) is 5.91 Å². The van der Waals surface area contributed by atoms with Crippen molar-refractivity contribution in [1.82, 2.24) is 4.90 Å².